The van der Waals surface area contributed by atoms with Gasteiger partial charge in [0.2, 0.25) is 0 Å². The summed E-state index contributed by atoms with van der Waals surface area (Å²) in [6.45, 7) is 0.601. The van der Waals surface area contributed by atoms with Gasteiger partial charge in [-0.05, 0) is 17.7 Å². The number of anilines is 1. The zero-order valence-electron chi connectivity index (χ0n) is 6.50. The molecule has 0 aliphatic carbocycles. The first kappa shape index (κ1) is 8.43. The third-order valence-corrected chi connectivity index (χ3v) is 1.82. The highest BCUT2D eigenvalue weighted by atomic mass is 32.2. The van der Waals surface area contributed by atoms with Crippen molar-refractivity contribution >= 4 is 17.6 Å². The van der Waals surface area contributed by atoms with Gasteiger partial charge >= 0.3 is 0 Å². The molecule has 3 N–H and O–H groups in total. The highest BCUT2D eigenvalue weighted by Gasteiger charge is 1.91. The van der Waals surface area contributed by atoms with Crippen molar-refractivity contribution in [2.45, 2.75) is 6.54 Å². The molecule has 0 fully saturated rings. The van der Waals surface area contributed by atoms with Crippen LogP contribution >= 0.6 is 11.9 Å². The van der Waals surface area contributed by atoms with E-state index in [2.05, 4.69) is 10.8 Å². The van der Waals surface area contributed by atoms with Gasteiger partial charge in [-0.25, -0.2) is 0 Å². The molecular formula is C8H12N2S. The molecule has 0 amide bonds. The minimum absolute atomic E-state index is 0.601. The Morgan fingerprint density at radius 1 is 1.55 bits per heavy atom. The fraction of sp³-hybridized carbons (Fsp3) is 0.250. The average Bonchev–Trinajstić information content (AvgIpc) is 2.06. The summed E-state index contributed by atoms with van der Waals surface area (Å²) in [5.74, 6) is 0. The molecule has 0 heterocycles. The number of benzene rings is 1. The molecule has 0 radical (unpaired) electrons. The molecular weight excluding hydrogens is 156 g/mol. The first-order chi connectivity index (χ1) is 5.36. The summed E-state index contributed by atoms with van der Waals surface area (Å²) in [6, 6.07) is 8.10. The summed E-state index contributed by atoms with van der Waals surface area (Å²) in [7, 11) is 0. The molecule has 0 saturated carbocycles. The van der Waals surface area contributed by atoms with Gasteiger partial charge in [0.15, 0.2) is 0 Å². The van der Waals surface area contributed by atoms with Gasteiger partial charge < -0.3 is 10.5 Å². The quantitative estimate of drug-likeness (QED) is 0.676. The zero-order valence-corrected chi connectivity index (χ0v) is 7.32. The molecule has 3 heteroatoms. The number of hydrogen-bond acceptors (Lipinski definition) is 3. The van der Waals surface area contributed by atoms with E-state index >= 15 is 0 Å². The first-order valence-electron chi connectivity index (χ1n) is 3.45. The summed E-state index contributed by atoms with van der Waals surface area (Å²) >= 11 is 1.58. The van der Waals surface area contributed by atoms with E-state index in [0.717, 1.165) is 11.3 Å². The molecule has 0 aromatic heterocycles. The maximum atomic E-state index is 5.48. The summed E-state index contributed by atoms with van der Waals surface area (Å²) in [5, 5.41) is 0. The van der Waals surface area contributed by atoms with E-state index in [4.69, 9.17) is 5.73 Å². The van der Waals surface area contributed by atoms with Gasteiger partial charge in [0.25, 0.3) is 0 Å². The standard InChI is InChI=1S/C8H12N2S/c1-11-10-8-4-2-3-7(5-8)6-9/h2-5,10H,6,9H2,1H3. The van der Waals surface area contributed by atoms with Crippen molar-refractivity contribution in [1.29, 1.82) is 0 Å². The summed E-state index contributed by atoms with van der Waals surface area (Å²) < 4.78 is 3.14. The molecule has 11 heavy (non-hydrogen) atoms. The van der Waals surface area contributed by atoms with Gasteiger partial charge in [0, 0.05) is 18.5 Å². The minimum atomic E-state index is 0.601. The summed E-state index contributed by atoms with van der Waals surface area (Å²) in [5.41, 5.74) is 7.75. The van der Waals surface area contributed by atoms with Crippen LogP contribution in [0.15, 0.2) is 24.3 Å². The van der Waals surface area contributed by atoms with Crippen LogP contribution in [0.1, 0.15) is 5.56 Å². The SMILES string of the molecule is CSNc1cccc(CN)c1. The van der Waals surface area contributed by atoms with Gasteiger partial charge in [-0.15, -0.1) is 0 Å². The molecule has 0 saturated heterocycles. The third-order valence-electron chi connectivity index (χ3n) is 1.38. The summed E-state index contributed by atoms with van der Waals surface area (Å²) in [6.07, 6.45) is 2.00. The predicted octanol–water partition coefficient (Wildman–Crippen LogP) is 1.84. The lowest BCUT2D eigenvalue weighted by Crippen LogP contribution is -1.96. The normalized spacial score (nSPS) is 9.64. The fourth-order valence-corrected chi connectivity index (χ4v) is 1.24. The lowest BCUT2D eigenvalue weighted by molar-refractivity contribution is 1.07. The van der Waals surface area contributed by atoms with Crippen LogP contribution in [0.2, 0.25) is 0 Å². The van der Waals surface area contributed by atoms with Crippen molar-refractivity contribution in [1.82, 2.24) is 0 Å². The Morgan fingerprint density at radius 3 is 3.00 bits per heavy atom. The van der Waals surface area contributed by atoms with Gasteiger partial charge in [-0.2, -0.15) is 0 Å². The highest BCUT2D eigenvalue weighted by molar-refractivity contribution is 7.99. The van der Waals surface area contributed by atoms with E-state index in [9.17, 15) is 0 Å². The predicted molar refractivity (Wildman–Crippen MR) is 51.5 cm³/mol. The van der Waals surface area contributed by atoms with Gasteiger partial charge in [-0.3, -0.25) is 0 Å². The van der Waals surface area contributed by atoms with Crippen LogP contribution in [0.4, 0.5) is 5.69 Å². The van der Waals surface area contributed by atoms with E-state index in [1.165, 1.54) is 0 Å². The molecule has 0 bridgehead atoms. The van der Waals surface area contributed by atoms with Crippen molar-refractivity contribution in [3.05, 3.63) is 29.8 Å². The van der Waals surface area contributed by atoms with Crippen molar-refractivity contribution in [3.63, 3.8) is 0 Å². The zero-order chi connectivity index (χ0) is 8.10. The Morgan fingerprint density at radius 2 is 2.36 bits per heavy atom. The molecule has 1 rings (SSSR count). The average molecular weight is 168 g/mol. The lowest BCUT2D eigenvalue weighted by Gasteiger charge is -2.02. The van der Waals surface area contributed by atoms with Crippen LogP contribution in [-0.4, -0.2) is 6.26 Å². The Hall–Kier alpha value is -0.670. The van der Waals surface area contributed by atoms with Crippen LogP contribution in [0, 0.1) is 0 Å². The molecule has 0 atom stereocenters. The second kappa shape index (κ2) is 4.26. The van der Waals surface area contributed by atoms with Crippen LogP contribution in [0.5, 0.6) is 0 Å². The van der Waals surface area contributed by atoms with E-state index in [-0.39, 0.29) is 0 Å². The second-order valence-electron chi connectivity index (χ2n) is 2.21. The van der Waals surface area contributed by atoms with Crippen molar-refractivity contribution < 1.29 is 0 Å². The maximum absolute atomic E-state index is 5.48. The molecule has 2 nitrogen and oxygen atoms in total. The Labute approximate surface area is 71.3 Å². The van der Waals surface area contributed by atoms with Crippen LogP contribution in [-0.2, 0) is 6.54 Å². The molecule has 0 unspecified atom stereocenters. The molecule has 1 aromatic rings. The second-order valence-corrected chi connectivity index (χ2v) is 2.82. The van der Waals surface area contributed by atoms with Gasteiger partial charge in [-0.1, -0.05) is 24.1 Å². The Kier molecular flexibility index (Phi) is 3.26. The van der Waals surface area contributed by atoms with Crippen LogP contribution < -0.4 is 10.5 Å². The van der Waals surface area contributed by atoms with E-state index in [1.54, 1.807) is 11.9 Å². The minimum Gasteiger partial charge on any atom is -0.330 e. The molecule has 0 spiro atoms. The molecule has 1 aromatic carbocycles. The Balaban J connectivity index is 2.74. The number of hydrogen-bond donors (Lipinski definition) is 2. The van der Waals surface area contributed by atoms with E-state index in [1.807, 2.05) is 24.5 Å². The van der Waals surface area contributed by atoms with Crippen molar-refractivity contribution in [2.75, 3.05) is 11.0 Å². The lowest BCUT2D eigenvalue weighted by atomic mass is 10.2. The van der Waals surface area contributed by atoms with Gasteiger partial charge in [0.1, 0.15) is 0 Å². The topological polar surface area (TPSA) is 38.0 Å². The van der Waals surface area contributed by atoms with Crippen molar-refractivity contribution in [3.8, 4) is 0 Å². The van der Waals surface area contributed by atoms with E-state index < -0.39 is 0 Å². The van der Waals surface area contributed by atoms with E-state index in [0.29, 0.717) is 6.54 Å². The van der Waals surface area contributed by atoms with Crippen LogP contribution in [0.25, 0.3) is 0 Å². The molecule has 0 aliphatic rings. The fourth-order valence-electron chi connectivity index (χ4n) is 0.880. The Bertz CT molecular complexity index is 225. The molecule has 60 valence electrons. The smallest absolute Gasteiger partial charge is 0.0443 e. The molecule has 0 aliphatic heterocycles. The third kappa shape index (κ3) is 2.44. The summed E-state index contributed by atoms with van der Waals surface area (Å²) in [4.78, 5) is 0. The van der Waals surface area contributed by atoms with Crippen molar-refractivity contribution in [2.24, 2.45) is 5.73 Å². The number of nitrogens with two attached hydrogens (primary N) is 1. The maximum Gasteiger partial charge on any atom is 0.0443 e. The van der Waals surface area contributed by atoms with Crippen LogP contribution in [0.3, 0.4) is 0 Å². The highest BCUT2D eigenvalue weighted by Crippen LogP contribution is 2.12. The monoisotopic (exact) mass is 168 g/mol. The number of nitrogens with one attached hydrogen (secondary N) is 1. The number of rotatable bonds is 3. The van der Waals surface area contributed by atoms with Gasteiger partial charge in [0.05, 0.1) is 0 Å². The largest absolute Gasteiger partial charge is 0.330 e. The first-order valence-corrected chi connectivity index (χ1v) is 4.67.